The molecular formula is C18H20F3N3OS. The van der Waals surface area contributed by atoms with Crippen LogP contribution >= 0.6 is 11.8 Å². The topological polar surface area (TPSA) is 54.9 Å². The highest BCUT2D eigenvalue weighted by atomic mass is 32.2. The lowest BCUT2D eigenvalue weighted by Crippen LogP contribution is -2.37. The van der Waals surface area contributed by atoms with Gasteiger partial charge in [0.15, 0.2) is 5.16 Å². The molecule has 0 fully saturated rings. The Morgan fingerprint density at radius 1 is 1.19 bits per heavy atom. The summed E-state index contributed by atoms with van der Waals surface area (Å²) in [7, 11) is 0. The number of carbonyl (C=O) groups is 1. The van der Waals surface area contributed by atoms with Crippen LogP contribution in [0.25, 0.3) is 11.3 Å². The molecule has 0 aliphatic rings. The number of halogens is 3. The molecule has 1 aromatic carbocycles. The Morgan fingerprint density at radius 2 is 1.85 bits per heavy atom. The summed E-state index contributed by atoms with van der Waals surface area (Å²) >= 11 is 0.909. The maximum absolute atomic E-state index is 13.2. The first-order chi connectivity index (χ1) is 12.2. The molecule has 1 heterocycles. The second kappa shape index (κ2) is 8.53. The van der Waals surface area contributed by atoms with Crippen LogP contribution in [0.15, 0.2) is 41.6 Å². The molecule has 2 aromatic rings. The van der Waals surface area contributed by atoms with Gasteiger partial charge in [0.25, 0.3) is 0 Å². The molecular weight excluding hydrogens is 363 g/mol. The number of rotatable bonds is 6. The van der Waals surface area contributed by atoms with Gasteiger partial charge in [-0.05, 0) is 26.3 Å². The fourth-order valence-electron chi connectivity index (χ4n) is 2.05. The summed E-state index contributed by atoms with van der Waals surface area (Å²) in [6.45, 7) is 5.42. The van der Waals surface area contributed by atoms with E-state index in [-0.39, 0.29) is 22.8 Å². The molecule has 4 nitrogen and oxygen atoms in total. The second-order valence-corrected chi connectivity index (χ2v) is 7.17. The van der Waals surface area contributed by atoms with E-state index >= 15 is 0 Å². The third-order valence-corrected chi connectivity index (χ3v) is 4.68. The molecule has 1 N–H and O–H groups in total. The molecule has 2 rings (SSSR count). The zero-order valence-corrected chi connectivity index (χ0v) is 15.5. The molecule has 1 aromatic heterocycles. The number of nitrogens with zero attached hydrogens (tertiary/aromatic N) is 2. The molecule has 0 saturated carbocycles. The highest BCUT2D eigenvalue weighted by Crippen LogP contribution is 2.32. The van der Waals surface area contributed by atoms with Crippen LogP contribution in [-0.2, 0) is 11.0 Å². The first-order valence-electron chi connectivity index (χ1n) is 8.19. The van der Waals surface area contributed by atoms with E-state index in [0.29, 0.717) is 5.56 Å². The fraction of sp³-hybridized carbons (Fsp3) is 0.389. The number of thioether (sulfide) groups is 1. The number of alkyl halides is 3. The predicted molar refractivity (Wildman–Crippen MR) is 95.7 cm³/mol. The minimum absolute atomic E-state index is 0.00661. The lowest BCUT2D eigenvalue weighted by atomic mass is 10.1. The lowest BCUT2D eigenvalue weighted by molar-refractivity contribution is -0.141. The van der Waals surface area contributed by atoms with Crippen molar-refractivity contribution in [2.75, 3.05) is 0 Å². The molecule has 8 heteroatoms. The third kappa shape index (κ3) is 5.45. The minimum atomic E-state index is -4.59. The molecule has 0 spiro atoms. The van der Waals surface area contributed by atoms with Crippen LogP contribution in [0.1, 0.15) is 32.9 Å². The van der Waals surface area contributed by atoms with Crippen LogP contribution < -0.4 is 5.32 Å². The summed E-state index contributed by atoms with van der Waals surface area (Å²) in [5.74, 6) is -0.258. The Balaban J connectivity index is 2.31. The van der Waals surface area contributed by atoms with Gasteiger partial charge in [-0.1, -0.05) is 49.0 Å². The largest absolute Gasteiger partial charge is 0.433 e. The number of carbonyl (C=O) groups excluding carboxylic acids is 1. The molecule has 0 saturated heterocycles. The van der Waals surface area contributed by atoms with Crippen molar-refractivity contribution in [3.8, 4) is 11.3 Å². The van der Waals surface area contributed by atoms with E-state index in [1.54, 1.807) is 37.3 Å². The number of benzene rings is 1. The zero-order chi connectivity index (χ0) is 19.3. The molecule has 0 unspecified atom stereocenters. The third-order valence-electron chi connectivity index (χ3n) is 3.72. The van der Waals surface area contributed by atoms with Crippen LogP contribution in [-0.4, -0.2) is 27.2 Å². The van der Waals surface area contributed by atoms with Gasteiger partial charge in [-0.3, -0.25) is 4.79 Å². The Kier molecular flexibility index (Phi) is 6.63. The SMILES string of the molecule is CC[C@@H](C)NC(=O)[C@@H](C)Sc1nc(-c2ccccc2)cc(C(F)(F)F)n1. The van der Waals surface area contributed by atoms with Gasteiger partial charge in [0, 0.05) is 11.6 Å². The summed E-state index contributed by atoms with van der Waals surface area (Å²) in [6.07, 6.45) is -3.83. The van der Waals surface area contributed by atoms with E-state index in [1.807, 2.05) is 13.8 Å². The highest BCUT2D eigenvalue weighted by Gasteiger charge is 2.34. The predicted octanol–water partition coefficient (Wildman–Crippen LogP) is 4.56. The summed E-state index contributed by atoms with van der Waals surface area (Å²) < 4.78 is 39.6. The smallest absolute Gasteiger partial charge is 0.353 e. The fourth-order valence-corrected chi connectivity index (χ4v) is 2.85. The van der Waals surface area contributed by atoms with Crippen LogP contribution in [0, 0.1) is 0 Å². The van der Waals surface area contributed by atoms with Crippen LogP contribution in [0.4, 0.5) is 13.2 Å². The van der Waals surface area contributed by atoms with Crippen molar-refractivity contribution < 1.29 is 18.0 Å². The van der Waals surface area contributed by atoms with Crippen molar-refractivity contribution in [2.45, 2.75) is 49.8 Å². The number of aromatic nitrogens is 2. The quantitative estimate of drug-likeness (QED) is 0.587. The maximum Gasteiger partial charge on any atom is 0.433 e. The molecule has 0 bridgehead atoms. The van der Waals surface area contributed by atoms with Crippen LogP contribution in [0.3, 0.4) is 0 Å². The standard InChI is InChI=1S/C18H20F3N3OS/c1-4-11(2)22-16(25)12(3)26-17-23-14(13-8-6-5-7-9-13)10-15(24-17)18(19,20)21/h5-12H,4H2,1-3H3,(H,22,25)/t11-,12-/m1/s1. The van der Waals surface area contributed by atoms with Gasteiger partial charge in [0.1, 0.15) is 5.69 Å². The van der Waals surface area contributed by atoms with E-state index in [0.717, 1.165) is 24.2 Å². The van der Waals surface area contributed by atoms with Crippen molar-refractivity contribution >= 4 is 17.7 Å². The molecule has 0 aliphatic carbocycles. The highest BCUT2D eigenvalue weighted by molar-refractivity contribution is 8.00. The van der Waals surface area contributed by atoms with Crippen molar-refractivity contribution in [1.29, 1.82) is 0 Å². The molecule has 2 atom stereocenters. The Morgan fingerprint density at radius 3 is 2.42 bits per heavy atom. The van der Waals surface area contributed by atoms with E-state index < -0.39 is 17.1 Å². The molecule has 1 amide bonds. The van der Waals surface area contributed by atoms with Gasteiger partial charge >= 0.3 is 6.18 Å². The van der Waals surface area contributed by atoms with Crippen molar-refractivity contribution in [2.24, 2.45) is 0 Å². The van der Waals surface area contributed by atoms with Gasteiger partial charge in [-0.15, -0.1) is 0 Å². The maximum atomic E-state index is 13.2. The number of hydrogen-bond acceptors (Lipinski definition) is 4. The number of amides is 1. The van der Waals surface area contributed by atoms with Gasteiger partial charge in [-0.25, -0.2) is 9.97 Å². The van der Waals surface area contributed by atoms with Crippen LogP contribution in [0.5, 0.6) is 0 Å². The van der Waals surface area contributed by atoms with E-state index in [9.17, 15) is 18.0 Å². The van der Waals surface area contributed by atoms with E-state index in [1.165, 1.54) is 0 Å². The average Bonchev–Trinajstić information content (AvgIpc) is 2.61. The summed E-state index contributed by atoms with van der Waals surface area (Å²) in [6, 6.07) is 9.48. The first-order valence-corrected chi connectivity index (χ1v) is 9.07. The van der Waals surface area contributed by atoms with Gasteiger partial charge < -0.3 is 5.32 Å². The minimum Gasteiger partial charge on any atom is -0.353 e. The zero-order valence-electron chi connectivity index (χ0n) is 14.7. The number of nitrogens with one attached hydrogen (secondary N) is 1. The summed E-state index contributed by atoms with van der Waals surface area (Å²) in [5, 5.41) is 2.11. The van der Waals surface area contributed by atoms with Gasteiger partial charge in [0.2, 0.25) is 5.91 Å². The lowest BCUT2D eigenvalue weighted by Gasteiger charge is -2.16. The molecule has 0 radical (unpaired) electrons. The summed E-state index contributed by atoms with van der Waals surface area (Å²) in [5.41, 5.74) is -0.299. The van der Waals surface area contributed by atoms with Crippen molar-refractivity contribution in [1.82, 2.24) is 15.3 Å². The Labute approximate surface area is 154 Å². The van der Waals surface area contributed by atoms with Crippen LogP contribution in [0.2, 0.25) is 0 Å². The van der Waals surface area contributed by atoms with Gasteiger partial charge in [-0.2, -0.15) is 13.2 Å². The normalized spacial score (nSPS) is 13.9. The van der Waals surface area contributed by atoms with Gasteiger partial charge in [0.05, 0.1) is 10.9 Å². The Hall–Kier alpha value is -2.09. The van der Waals surface area contributed by atoms with E-state index in [4.69, 9.17) is 0 Å². The molecule has 0 aliphatic heterocycles. The number of hydrogen-bond donors (Lipinski definition) is 1. The first kappa shape index (κ1) is 20.2. The Bertz CT molecular complexity index is 753. The average molecular weight is 383 g/mol. The molecule has 26 heavy (non-hydrogen) atoms. The van der Waals surface area contributed by atoms with Crippen molar-refractivity contribution in [3.63, 3.8) is 0 Å². The monoisotopic (exact) mass is 383 g/mol. The molecule has 140 valence electrons. The van der Waals surface area contributed by atoms with Crippen molar-refractivity contribution in [3.05, 3.63) is 42.1 Å². The summed E-state index contributed by atoms with van der Waals surface area (Å²) in [4.78, 5) is 20.0. The second-order valence-electron chi connectivity index (χ2n) is 5.86. The van der Waals surface area contributed by atoms with E-state index in [2.05, 4.69) is 15.3 Å².